The molecule has 0 spiro atoms. The topological polar surface area (TPSA) is 50.7 Å². The largest absolute Gasteiger partial charge is 0.343 e. The highest BCUT2D eigenvalue weighted by Gasteiger charge is 2.11. The molecule has 90 valence electrons. The van der Waals surface area contributed by atoms with Crippen molar-refractivity contribution in [2.24, 2.45) is 7.05 Å². The second-order valence-corrected chi connectivity index (χ2v) is 4.30. The van der Waals surface area contributed by atoms with Crippen LogP contribution in [0.4, 0.5) is 4.39 Å². The van der Waals surface area contributed by atoms with Crippen LogP contribution in [0, 0.1) is 5.82 Å². The van der Waals surface area contributed by atoms with Crippen LogP contribution in [-0.2, 0) is 7.05 Å². The molecule has 1 aromatic carbocycles. The summed E-state index contributed by atoms with van der Waals surface area (Å²) >= 11 is 0. The number of H-pyrrole nitrogens is 1. The molecule has 0 atom stereocenters. The number of rotatable bonds is 2. The normalized spacial score (nSPS) is 11.1. The predicted octanol–water partition coefficient (Wildman–Crippen LogP) is 2.04. The summed E-state index contributed by atoms with van der Waals surface area (Å²) in [5.41, 5.74) is 0.879. The van der Waals surface area contributed by atoms with E-state index in [4.69, 9.17) is 0 Å². The molecule has 1 N–H and O–H groups in total. The van der Waals surface area contributed by atoms with Crippen LogP contribution in [0.3, 0.4) is 0 Å². The summed E-state index contributed by atoms with van der Waals surface area (Å²) in [5.74, 6) is 0.150. The first-order valence-corrected chi connectivity index (χ1v) is 5.42. The second-order valence-electron chi connectivity index (χ2n) is 4.30. The summed E-state index contributed by atoms with van der Waals surface area (Å²) in [6.07, 6.45) is 0. The molecule has 1 aromatic heterocycles. The molecule has 0 bridgehead atoms. The standard InChI is InChI=1S/C12H14FN3O/c1-7(2)8-4-5-9(10(13)6-8)11-14-12(17)16(3)15-11/h4-7H,1-3H3,(H,14,15,17). The van der Waals surface area contributed by atoms with Crippen molar-refractivity contribution >= 4 is 0 Å². The highest BCUT2D eigenvalue weighted by molar-refractivity contribution is 5.56. The third-order valence-electron chi connectivity index (χ3n) is 2.68. The number of aromatic amines is 1. The molecular weight excluding hydrogens is 221 g/mol. The van der Waals surface area contributed by atoms with E-state index in [2.05, 4.69) is 10.1 Å². The van der Waals surface area contributed by atoms with Crippen LogP contribution in [0.2, 0.25) is 0 Å². The monoisotopic (exact) mass is 235 g/mol. The van der Waals surface area contributed by atoms with E-state index in [1.54, 1.807) is 6.07 Å². The minimum Gasteiger partial charge on any atom is -0.289 e. The van der Waals surface area contributed by atoms with E-state index in [0.29, 0.717) is 5.56 Å². The molecule has 0 unspecified atom stereocenters. The van der Waals surface area contributed by atoms with Crippen LogP contribution in [0.5, 0.6) is 0 Å². The predicted molar refractivity (Wildman–Crippen MR) is 63.3 cm³/mol. The zero-order valence-electron chi connectivity index (χ0n) is 9.99. The molecule has 2 aromatic rings. The quantitative estimate of drug-likeness (QED) is 0.866. The molecule has 2 rings (SSSR count). The first kappa shape index (κ1) is 11.6. The Morgan fingerprint density at radius 2 is 2.12 bits per heavy atom. The highest BCUT2D eigenvalue weighted by Crippen LogP contribution is 2.23. The third kappa shape index (κ3) is 2.13. The number of hydrogen-bond acceptors (Lipinski definition) is 2. The van der Waals surface area contributed by atoms with Gasteiger partial charge in [0.05, 0.1) is 5.56 Å². The van der Waals surface area contributed by atoms with E-state index >= 15 is 0 Å². The van der Waals surface area contributed by atoms with Crippen molar-refractivity contribution in [1.82, 2.24) is 14.8 Å². The molecule has 5 heteroatoms. The minimum absolute atomic E-state index is 0.255. The maximum atomic E-state index is 13.9. The molecule has 0 aliphatic heterocycles. The average Bonchev–Trinajstić information content (AvgIpc) is 2.58. The zero-order chi connectivity index (χ0) is 12.6. The zero-order valence-corrected chi connectivity index (χ0v) is 9.99. The fourth-order valence-corrected chi connectivity index (χ4v) is 1.61. The number of nitrogens with one attached hydrogen (secondary N) is 1. The summed E-state index contributed by atoms with van der Waals surface area (Å²) in [5, 5.41) is 3.92. The van der Waals surface area contributed by atoms with Gasteiger partial charge in [-0.25, -0.2) is 13.9 Å². The summed E-state index contributed by atoms with van der Waals surface area (Å²) in [6.45, 7) is 3.99. The van der Waals surface area contributed by atoms with Gasteiger partial charge in [0.25, 0.3) is 0 Å². The molecule has 0 aliphatic carbocycles. The van der Waals surface area contributed by atoms with Crippen molar-refractivity contribution in [1.29, 1.82) is 0 Å². The molecule has 4 nitrogen and oxygen atoms in total. The Morgan fingerprint density at radius 3 is 2.59 bits per heavy atom. The molecule has 0 saturated carbocycles. The van der Waals surface area contributed by atoms with E-state index in [0.717, 1.165) is 10.2 Å². The summed E-state index contributed by atoms with van der Waals surface area (Å²) in [6, 6.07) is 4.96. The van der Waals surface area contributed by atoms with Gasteiger partial charge in [-0.05, 0) is 23.6 Å². The molecule has 0 amide bonds. The van der Waals surface area contributed by atoms with Gasteiger partial charge >= 0.3 is 5.69 Å². The third-order valence-corrected chi connectivity index (χ3v) is 2.68. The molecular formula is C12H14FN3O. The molecule has 0 radical (unpaired) electrons. The first-order valence-electron chi connectivity index (χ1n) is 5.42. The fraction of sp³-hybridized carbons (Fsp3) is 0.333. The lowest BCUT2D eigenvalue weighted by Gasteiger charge is -2.06. The summed E-state index contributed by atoms with van der Waals surface area (Å²) < 4.78 is 15.0. The Kier molecular flexibility index (Phi) is 2.83. The van der Waals surface area contributed by atoms with E-state index in [-0.39, 0.29) is 23.2 Å². The van der Waals surface area contributed by atoms with Crippen LogP contribution in [0.1, 0.15) is 25.3 Å². The van der Waals surface area contributed by atoms with Crippen molar-refractivity contribution < 1.29 is 4.39 Å². The van der Waals surface area contributed by atoms with Crippen molar-refractivity contribution in [3.05, 3.63) is 40.1 Å². The number of halogens is 1. The molecule has 0 aliphatic rings. The van der Waals surface area contributed by atoms with E-state index in [1.807, 2.05) is 19.9 Å². The Labute approximate surface area is 98.1 Å². The number of aromatic nitrogens is 3. The lowest BCUT2D eigenvalue weighted by atomic mass is 10.0. The molecule has 0 fully saturated rings. The van der Waals surface area contributed by atoms with Gasteiger partial charge in [0.2, 0.25) is 0 Å². The van der Waals surface area contributed by atoms with Gasteiger partial charge in [-0.3, -0.25) is 4.98 Å². The van der Waals surface area contributed by atoms with Crippen molar-refractivity contribution in [3.8, 4) is 11.4 Å². The lowest BCUT2D eigenvalue weighted by molar-refractivity contribution is 0.625. The first-order chi connectivity index (χ1) is 7.99. The number of benzene rings is 1. The van der Waals surface area contributed by atoms with Crippen LogP contribution in [0.25, 0.3) is 11.4 Å². The van der Waals surface area contributed by atoms with E-state index in [1.165, 1.54) is 13.1 Å². The van der Waals surface area contributed by atoms with Crippen LogP contribution < -0.4 is 5.69 Å². The van der Waals surface area contributed by atoms with E-state index < -0.39 is 0 Å². The number of hydrogen-bond donors (Lipinski definition) is 1. The fourth-order valence-electron chi connectivity index (χ4n) is 1.61. The van der Waals surface area contributed by atoms with Gasteiger partial charge in [-0.1, -0.05) is 19.9 Å². The van der Waals surface area contributed by atoms with Gasteiger partial charge in [-0.15, -0.1) is 5.10 Å². The van der Waals surface area contributed by atoms with Crippen LogP contribution in [0.15, 0.2) is 23.0 Å². The highest BCUT2D eigenvalue weighted by atomic mass is 19.1. The number of aryl methyl sites for hydroxylation is 1. The number of nitrogens with zero attached hydrogens (tertiary/aromatic N) is 2. The Balaban J connectivity index is 2.50. The maximum absolute atomic E-state index is 13.9. The van der Waals surface area contributed by atoms with Crippen LogP contribution in [-0.4, -0.2) is 14.8 Å². The average molecular weight is 235 g/mol. The van der Waals surface area contributed by atoms with Gasteiger partial charge in [-0.2, -0.15) is 0 Å². The van der Waals surface area contributed by atoms with Gasteiger partial charge in [0.1, 0.15) is 5.82 Å². The molecule has 0 saturated heterocycles. The SMILES string of the molecule is CC(C)c1ccc(-c2nn(C)c(=O)[nH]2)c(F)c1. The Morgan fingerprint density at radius 1 is 1.41 bits per heavy atom. The Bertz CT molecular complexity index is 598. The lowest BCUT2D eigenvalue weighted by Crippen LogP contribution is -2.13. The summed E-state index contributed by atoms with van der Waals surface area (Å²) in [4.78, 5) is 13.7. The second kappa shape index (κ2) is 4.16. The molecule has 1 heterocycles. The molecule has 17 heavy (non-hydrogen) atoms. The van der Waals surface area contributed by atoms with Crippen molar-refractivity contribution in [2.45, 2.75) is 19.8 Å². The van der Waals surface area contributed by atoms with Crippen molar-refractivity contribution in [3.63, 3.8) is 0 Å². The van der Waals surface area contributed by atoms with Gasteiger partial charge in [0.15, 0.2) is 5.82 Å². The minimum atomic E-state index is -0.370. The van der Waals surface area contributed by atoms with E-state index in [9.17, 15) is 9.18 Å². The van der Waals surface area contributed by atoms with Gasteiger partial charge in [0, 0.05) is 7.05 Å². The van der Waals surface area contributed by atoms with Crippen molar-refractivity contribution in [2.75, 3.05) is 0 Å². The summed E-state index contributed by atoms with van der Waals surface area (Å²) in [7, 11) is 1.52. The smallest absolute Gasteiger partial charge is 0.289 e. The van der Waals surface area contributed by atoms with Crippen LogP contribution >= 0.6 is 0 Å². The maximum Gasteiger partial charge on any atom is 0.343 e. The van der Waals surface area contributed by atoms with Gasteiger partial charge < -0.3 is 0 Å². The Hall–Kier alpha value is -1.91.